The van der Waals surface area contributed by atoms with Crippen molar-refractivity contribution in [1.82, 2.24) is 4.98 Å². The van der Waals surface area contributed by atoms with E-state index in [0.29, 0.717) is 5.92 Å². The van der Waals surface area contributed by atoms with Crippen LogP contribution in [0.3, 0.4) is 0 Å². The van der Waals surface area contributed by atoms with Crippen LogP contribution in [0, 0.1) is 0 Å². The van der Waals surface area contributed by atoms with Gasteiger partial charge in [0.2, 0.25) is 0 Å². The Bertz CT molecular complexity index is 694. The third-order valence-corrected chi connectivity index (χ3v) is 5.42. The number of aromatic nitrogens is 1. The van der Waals surface area contributed by atoms with E-state index in [-0.39, 0.29) is 0 Å². The zero-order valence-electron chi connectivity index (χ0n) is 11.9. The van der Waals surface area contributed by atoms with Crippen LogP contribution in [0.4, 0.5) is 5.13 Å². The maximum atomic E-state index is 4.78. The van der Waals surface area contributed by atoms with Crippen molar-refractivity contribution in [2.75, 3.05) is 18.0 Å². The van der Waals surface area contributed by atoms with E-state index in [1.54, 1.807) is 0 Å². The molecule has 0 spiro atoms. The standard InChI is InChI=1S/C18H18N2S/c1-2-6-14(7-3-1)15-10-12-20(13-11-15)18-19-16-8-4-5-9-17(16)21-18/h1-9,15H,10-13H2. The van der Waals surface area contributed by atoms with Crippen molar-refractivity contribution in [3.8, 4) is 0 Å². The van der Waals surface area contributed by atoms with Gasteiger partial charge in [-0.2, -0.15) is 0 Å². The molecule has 1 aromatic heterocycles. The molecule has 3 heteroatoms. The van der Waals surface area contributed by atoms with Gasteiger partial charge in [-0.1, -0.05) is 53.8 Å². The third kappa shape index (κ3) is 2.54. The highest BCUT2D eigenvalue weighted by Crippen LogP contribution is 2.34. The lowest BCUT2D eigenvalue weighted by Crippen LogP contribution is -2.32. The Balaban J connectivity index is 1.50. The van der Waals surface area contributed by atoms with Crippen LogP contribution >= 0.6 is 11.3 Å². The highest BCUT2D eigenvalue weighted by atomic mass is 32.1. The zero-order chi connectivity index (χ0) is 14.1. The lowest BCUT2D eigenvalue weighted by Gasteiger charge is -2.31. The SMILES string of the molecule is c1ccc(C2CCN(c3nc4ccccc4s3)CC2)cc1. The number of hydrogen-bond donors (Lipinski definition) is 0. The molecule has 0 radical (unpaired) electrons. The Morgan fingerprint density at radius 1 is 0.905 bits per heavy atom. The van der Waals surface area contributed by atoms with Crippen molar-refractivity contribution < 1.29 is 0 Å². The molecule has 2 aromatic carbocycles. The molecule has 4 rings (SSSR count). The van der Waals surface area contributed by atoms with Gasteiger partial charge in [0.15, 0.2) is 5.13 Å². The maximum Gasteiger partial charge on any atom is 0.186 e. The normalized spacial score (nSPS) is 16.5. The number of para-hydroxylation sites is 1. The Morgan fingerprint density at radius 2 is 1.62 bits per heavy atom. The lowest BCUT2D eigenvalue weighted by molar-refractivity contribution is 0.505. The average Bonchev–Trinajstić information content (AvgIpc) is 3.00. The second-order valence-corrected chi connectivity index (χ2v) is 6.65. The first-order valence-corrected chi connectivity index (χ1v) is 8.37. The summed E-state index contributed by atoms with van der Waals surface area (Å²) in [5, 5.41) is 1.18. The topological polar surface area (TPSA) is 16.1 Å². The molecular weight excluding hydrogens is 276 g/mol. The predicted octanol–water partition coefficient (Wildman–Crippen LogP) is 4.68. The van der Waals surface area contributed by atoms with E-state index in [2.05, 4.69) is 59.5 Å². The lowest BCUT2D eigenvalue weighted by atomic mass is 9.90. The molecule has 0 unspecified atom stereocenters. The molecule has 1 aliphatic heterocycles. The van der Waals surface area contributed by atoms with E-state index in [0.717, 1.165) is 18.6 Å². The molecule has 0 aliphatic carbocycles. The average molecular weight is 294 g/mol. The van der Waals surface area contributed by atoms with E-state index in [4.69, 9.17) is 4.98 Å². The molecule has 0 amide bonds. The maximum absolute atomic E-state index is 4.78. The fourth-order valence-corrected chi connectivity index (χ4v) is 4.14. The summed E-state index contributed by atoms with van der Waals surface area (Å²) in [7, 11) is 0. The van der Waals surface area contributed by atoms with Gasteiger partial charge < -0.3 is 4.90 Å². The summed E-state index contributed by atoms with van der Waals surface area (Å²) in [6, 6.07) is 19.3. The summed E-state index contributed by atoms with van der Waals surface area (Å²) in [5.41, 5.74) is 2.61. The summed E-state index contributed by atoms with van der Waals surface area (Å²) in [4.78, 5) is 7.23. The Kier molecular flexibility index (Phi) is 3.36. The number of rotatable bonds is 2. The number of nitrogens with zero attached hydrogens (tertiary/aromatic N) is 2. The van der Waals surface area contributed by atoms with Crippen molar-refractivity contribution in [1.29, 1.82) is 0 Å². The van der Waals surface area contributed by atoms with Crippen LogP contribution in [0.5, 0.6) is 0 Å². The van der Waals surface area contributed by atoms with E-state index >= 15 is 0 Å². The minimum absolute atomic E-state index is 0.705. The molecule has 1 saturated heterocycles. The largest absolute Gasteiger partial charge is 0.348 e. The summed E-state index contributed by atoms with van der Waals surface area (Å²) in [6.07, 6.45) is 2.44. The van der Waals surface area contributed by atoms with Gasteiger partial charge in [0, 0.05) is 13.1 Å². The first kappa shape index (κ1) is 12.8. The first-order chi connectivity index (χ1) is 10.4. The fraction of sp³-hybridized carbons (Fsp3) is 0.278. The van der Waals surface area contributed by atoms with Crippen LogP contribution in [-0.4, -0.2) is 18.1 Å². The molecular formula is C18H18N2S. The molecule has 2 nitrogen and oxygen atoms in total. The summed E-state index contributed by atoms with van der Waals surface area (Å²) < 4.78 is 1.29. The molecule has 0 bridgehead atoms. The van der Waals surface area contributed by atoms with Gasteiger partial charge >= 0.3 is 0 Å². The monoisotopic (exact) mass is 294 g/mol. The third-order valence-electron chi connectivity index (χ3n) is 4.32. The van der Waals surface area contributed by atoms with E-state index in [1.165, 1.54) is 28.2 Å². The van der Waals surface area contributed by atoms with Gasteiger partial charge in [0.25, 0.3) is 0 Å². The van der Waals surface area contributed by atoms with Crippen LogP contribution in [0.1, 0.15) is 24.3 Å². The Morgan fingerprint density at radius 3 is 2.38 bits per heavy atom. The van der Waals surface area contributed by atoms with Crippen LogP contribution in [0.25, 0.3) is 10.2 Å². The van der Waals surface area contributed by atoms with Crippen LogP contribution in [0.2, 0.25) is 0 Å². The smallest absolute Gasteiger partial charge is 0.186 e. The number of hydrogen-bond acceptors (Lipinski definition) is 3. The van der Waals surface area contributed by atoms with Gasteiger partial charge in [0.05, 0.1) is 10.2 Å². The molecule has 0 saturated carbocycles. The quantitative estimate of drug-likeness (QED) is 0.682. The van der Waals surface area contributed by atoms with Gasteiger partial charge in [-0.05, 0) is 36.5 Å². The number of fused-ring (bicyclic) bond motifs is 1. The minimum atomic E-state index is 0.705. The molecule has 2 heterocycles. The van der Waals surface area contributed by atoms with Crippen molar-refractivity contribution in [2.45, 2.75) is 18.8 Å². The molecule has 3 aromatic rings. The number of piperidine rings is 1. The van der Waals surface area contributed by atoms with Gasteiger partial charge in [-0.25, -0.2) is 4.98 Å². The fourth-order valence-electron chi connectivity index (χ4n) is 3.12. The zero-order valence-corrected chi connectivity index (χ0v) is 12.7. The van der Waals surface area contributed by atoms with Gasteiger partial charge in [-0.15, -0.1) is 0 Å². The van der Waals surface area contributed by atoms with E-state index in [1.807, 2.05) is 11.3 Å². The Hall–Kier alpha value is -1.87. The van der Waals surface area contributed by atoms with E-state index < -0.39 is 0 Å². The van der Waals surface area contributed by atoms with Gasteiger partial charge in [-0.3, -0.25) is 0 Å². The van der Waals surface area contributed by atoms with E-state index in [9.17, 15) is 0 Å². The van der Waals surface area contributed by atoms with Crippen LogP contribution in [0.15, 0.2) is 54.6 Å². The predicted molar refractivity (Wildman–Crippen MR) is 90.3 cm³/mol. The molecule has 0 atom stereocenters. The second-order valence-electron chi connectivity index (χ2n) is 5.64. The highest BCUT2D eigenvalue weighted by Gasteiger charge is 2.22. The van der Waals surface area contributed by atoms with Crippen molar-refractivity contribution >= 4 is 26.7 Å². The number of benzene rings is 2. The summed E-state index contributed by atoms with van der Waals surface area (Å²) >= 11 is 1.82. The highest BCUT2D eigenvalue weighted by molar-refractivity contribution is 7.22. The molecule has 0 N–H and O–H groups in total. The summed E-state index contributed by atoms with van der Waals surface area (Å²) in [5.74, 6) is 0.705. The van der Waals surface area contributed by atoms with Crippen LogP contribution in [-0.2, 0) is 0 Å². The van der Waals surface area contributed by atoms with Crippen LogP contribution < -0.4 is 4.90 Å². The Labute approximate surface area is 129 Å². The second kappa shape index (κ2) is 5.49. The van der Waals surface area contributed by atoms with Crippen molar-refractivity contribution in [3.63, 3.8) is 0 Å². The van der Waals surface area contributed by atoms with Gasteiger partial charge in [0.1, 0.15) is 0 Å². The first-order valence-electron chi connectivity index (χ1n) is 7.55. The number of anilines is 1. The molecule has 106 valence electrons. The number of thiazole rings is 1. The molecule has 21 heavy (non-hydrogen) atoms. The van der Waals surface area contributed by atoms with Crippen molar-refractivity contribution in [3.05, 3.63) is 60.2 Å². The summed E-state index contributed by atoms with van der Waals surface area (Å²) in [6.45, 7) is 2.22. The molecule has 1 aliphatic rings. The van der Waals surface area contributed by atoms with Crippen molar-refractivity contribution in [2.24, 2.45) is 0 Å². The minimum Gasteiger partial charge on any atom is -0.348 e. The molecule has 1 fully saturated rings.